The fourth-order valence-electron chi connectivity index (χ4n) is 2.62. The lowest BCUT2D eigenvalue weighted by Gasteiger charge is -2.18. The number of hydrogen-bond acceptors (Lipinski definition) is 4. The molecule has 2 aromatic rings. The van der Waals surface area contributed by atoms with Crippen molar-refractivity contribution in [1.29, 1.82) is 0 Å². The fourth-order valence-corrected chi connectivity index (χ4v) is 3.21. The Morgan fingerprint density at radius 2 is 2.30 bits per heavy atom. The van der Waals surface area contributed by atoms with Crippen LogP contribution in [0.3, 0.4) is 0 Å². The summed E-state index contributed by atoms with van der Waals surface area (Å²) in [7, 11) is 0. The molecule has 3 nitrogen and oxygen atoms in total. The first-order chi connectivity index (χ1) is 9.64. The smallest absolute Gasteiger partial charge is 0.127 e. The van der Waals surface area contributed by atoms with Crippen molar-refractivity contribution >= 4 is 11.3 Å². The molecule has 0 atom stereocenters. The van der Waals surface area contributed by atoms with E-state index in [1.165, 1.54) is 11.1 Å². The molecule has 0 amide bonds. The molecule has 1 aromatic heterocycles. The Morgan fingerprint density at radius 1 is 1.40 bits per heavy atom. The SMILES string of the molecule is CC1(C)Cc2cccc(CNCCc3cscn3)c2O1. The third-order valence-corrected chi connectivity index (χ3v) is 4.16. The standard InChI is InChI=1S/C16H20N2OS/c1-16(2)8-12-4-3-5-13(15(12)19-16)9-17-7-6-14-10-20-11-18-14/h3-5,10-11,17H,6-9H2,1-2H3. The molecule has 0 bridgehead atoms. The van der Waals surface area contributed by atoms with Crippen LogP contribution in [0.1, 0.15) is 30.7 Å². The summed E-state index contributed by atoms with van der Waals surface area (Å²) in [4.78, 5) is 4.29. The summed E-state index contributed by atoms with van der Waals surface area (Å²) in [6.45, 7) is 6.08. The number of rotatable bonds is 5. The molecule has 0 aliphatic carbocycles. The largest absolute Gasteiger partial charge is 0.487 e. The highest BCUT2D eigenvalue weighted by molar-refractivity contribution is 7.07. The Bertz CT molecular complexity index is 578. The average Bonchev–Trinajstić information content (AvgIpc) is 3.00. The van der Waals surface area contributed by atoms with Crippen molar-refractivity contribution in [2.75, 3.05) is 6.54 Å². The maximum atomic E-state index is 6.08. The second-order valence-electron chi connectivity index (χ2n) is 5.85. The van der Waals surface area contributed by atoms with E-state index in [0.717, 1.165) is 37.4 Å². The van der Waals surface area contributed by atoms with Gasteiger partial charge in [0, 0.05) is 36.9 Å². The molecule has 1 aromatic carbocycles. The third-order valence-electron chi connectivity index (χ3n) is 3.53. The van der Waals surface area contributed by atoms with Gasteiger partial charge in [-0.2, -0.15) is 0 Å². The molecule has 0 radical (unpaired) electrons. The van der Waals surface area contributed by atoms with E-state index in [0.29, 0.717) is 0 Å². The first kappa shape index (κ1) is 13.6. The summed E-state index contributed by atoms with van der Waals surface area (Å²) in [5.41, 5.74) is 5.56. The van der Waals surface area contributed by atoms with Crippen molar-refractivity contribution < 1.29 is 4.74 Å². The number of hydrogen-bond donors (Lipinski definition) is 1. The molecule has 0 spiro atoms. The van der Waals surface area contributed by atoms with Crippen LogP contribution in [0, 0.1) is 0 Å². The number of nitrogens with one attached hydrogen (secondary N) is 1. The number of ether oxygens (including phenoxy) is 1. The van der Waals surface area contributed by atoms with E-state index >= 15 is 0 Å². The Morgan fingerprint density at radius 3 is 3.10 bits per heavy atom. The molecular formula is C16H20N2OS. The normalized spacial score (nSPS) is 15.9. The van der Waals surface area contributed by atoms with E-state index in [1.54, 1.807) is 11.3 Å². The molecule has 1 aliphatic rings. The topological polar surface area (TPSA) is 34.2 Å². The van der Waals surface area contributed by atoms with Crippen LogP contribution in [0.15, 0.2) is 29.1 Å². The second kappa shape index (κ2) is 5.54. The Balaban J connectivity index is 1.58. The number of nitrogens with zero attached hydrogens (tertiary/aromatic N) is 1. The first-order valence-electron chi connectivity index (χ1n) is 7.02. The average molecular weight is 288 g/mol. The van der Waals surface area contributed by atoms with Crippen molar-refractivity contribution in [2.45, 2.75) is 38.8 Å². The van der Waals surface area contributed by atoms with E-state index in [2.05, 4.69) is 47.7 Å². The van der Waals surface area contributed by atoms with Gasteiger partial charge < -0.3 is 10.1 Å². The van der Waals surface area contributed by atoms with Crippen molar-refractivity contribution in [3.8, 4) is 5.75 Å². The van der Waals surface area contributed by atoms with Gasteiger partial charge in [-0.25, -0.2) is 4.98 Å². The van der Waals surface area contributed by atoms with E-state index in [9.17, 15) is 0 Å². The Hall–Kier alpha value is -1.39. The lowest BCUT2D eigenvalue weighted by Crippen LogP contribution is -2.25. The maximum Gasteiger partial charge on any atom is 0.127 e. The Kier molecular flexibility index (Phi) is 3.76. The van der Waals surface area contributed by atoms with Crippen molar-refractivity contribution in [3.05, 3.63) is 45.9 Å². The predicted molar refractivity (Wildman–Crippen MR) is 82.4 cm³/mol. The summed E-state index contributed by atoms with van der Waals surface area (Å²) >= 11 is 1.65. The van der Waals surface area contributed by atoms with Crippen molar-refractivity contribution in [2.24, 2.45) is 0 Å². The van der Waals surface area contributed by atoms with Crippen LogP contribution >= 0.6 is 11.3 Å². The highest BCUT2D eigenvalue weighted by atomic mass is 32.1. The van der Waals surface area contributed by atoms with Crippen LogP contribution in [0.4, 0.5) is 0 Å². The van der Waals surface area contributed by atoms with Gasteiger partial charge in [-0.05, 0) is 19.4 Å². The van der Waals surface area contributed by atoms with E-state index < -0.39 is 0 Å². The molecule has 1 N–H and O–H groups in total. The van der Waals surface area contributed by atoms with Gasteiger partial charge >= 0.3 is 0 Å². The van der Waals surface area contributed by atoms with Gasteiger partial charge in [0.2, 0.25) is 0 Å². The van der Waals surface area contributed by atoms with E-state index in [1.807, 2.05) is 5.51 Å². The summed E-state index contributed by atoms with van der Waals surface area (Å²) in [5, 5.41) is 5.59. The molecule has 0 fully saturated rings. The number of thiazole rings is 1. The monoisotopic (exact) mass is 288 g/mol. The van der Waals surface area contributed by atoms with Gasteiger partial charge in [-0.1, -0.05) is 18.2 Å². The minimum atomic E-state index is -0.0704. The zero-order valence-electron chi connectivity index (χ0n) is 12.0. The van der Waals surface area contributed by atoms with Gasteiger partial charge in [0.15, 0.2) is 0 Å². The third kappa shape index (κ3) is 3.02. The lowest BCUT2D eigenvalue weighted by atomic mass is 10.0. The van der Waals surface area contributed by atoms with Gasteiger partial charge in [0.25, 0.3) is 0 Å². The molecule has 1 aliphatic heterocycles. The summed E-state index contributed by atoms with van der Waals surface area (Å²) in [5.74, 6) is 1.08. The van der Waals surface area contributed by atoms with Gasteiger partial charge in [-0.3, -0.25) is 0 Å². The lowest BCUT2D eigenvalue weighted by molar-refractivity contribution is 0.137. The van der Waals surface area contributed by atoms with Crippen molar-refractivity contribution in [3.63, 3.8) is 0 Å². The minimum Gasteiger partial charge on any atom is -0.487 e. The molecule has 2 heterocycles. The molecule has 0 saturated heterocycles. The van der Waals surface area contributed by atoms with Crippen LogP contribution in [-0.2, 0) is 19.4 Å². The van der Waals surface area contributed by atoms with E-state index in [-0.39, 0.29) is 5.60 Å². The zero-order valence-corrected chi connectivity index (χ0v) is 12.8. The molecule has 0 saturated carbocycles. The van der Waals surface area contributed by atoms with Crippen LogP contribution in [0.25, 0.3) is 0 Å². The van der Waals surface area contributed by atoms with Crippen LogP contribution in [-0.4, -0.2) is 17.1 Å². The molecular weight excluding hydrogens is 268 g/mol. The quantitative estimate of drug-likeness (QED) is 0.858. The fraction of sp³-hybridized carbons (Fsp3) is 0.438. The maximum absolute atomic E-state index is 6.08. The van der Waals surface area contributed by atoms with Gasteiger partial charge in [0.05, 0.1) is 11.2 Å². The highest BCUT2D eigenvalue weighted by Crippen LogP contribution is 2.37. The molecule has 106 valence electrons. The molecule has 3 rings (SSSR count). The second-order valence-corrected chi connectivity index (χ2v) is 6.57. The number of benzene rings is 1. The van der Waals surface area contributed by atoms with Crippen LogP contribution < -0.4 is 10.1 Å². The number of fused-ring (bicyclic) bond motifs is 1. The molecule has 0 unspecified atom stereocenters. The minimum absolute atomic E-state index is 0.0704. The number of aromatic nitrogens is 1. The number of para-hydroxylation sites is 1. The van der Waals surface area contributed by atoms with E-state index in [4.69, 9.17) is 4.74 Å². The molecule has 4 heteroatoms. The summed E-state index contributed by atoms with van der Waals surface area (Å²) in [6, 6.07) is 6.44. The predicted octanol–water partition coefficient (Wildman–Crippen LogP) is 3.19. The summed E-state index contributed by atoms with van der Waals surface area (Å²) < 4.78 is 6.08. The molecule has 20 heavy (non-hydrogen) atoms. The zero-order chi connectivity index (χ0) is 14.0. The van der Waals surface area contributed by atoms with Crippen LogP contribution in [0.5, 0.6) is 5.75 Å². The van der Waals surface area contributed by atoms with Crippen LogP contribution in [0.2, 0.25) is 0 Å². The highest BCUT2D eigenvalue weighted by Gasteiger charge is 2.31. The van der Waals surface area contributed by atoms with Crippen molar-refractivity contribution in [1.82, 2.24) is 10.3 Å². The first-order valence-corrected chi connectivity index (χ1v) is 7.96. The van der Waals surface area contributed by atoms with Gasteiger partial charge in [-0.15, -0.1) is 11.3 Å². The Labute approximate surface area is 124 Å². The summed E-state index contributed by atoms with van der Waals surface area (Å²) in [6.07, 6.45) is 1.97. The van der Waals surface area contributed by atoms with Gasteiger partial charge in [0.1, 0.15) is 11.4 Å².